The van der Waals surface area contributed by atoms with Crippen molar-refractivity contribution in [2.45, 2.75) is 19.6 Å². The number of nitrogens with one attached hydrogen (secondary N) is 1. The monoisotopic (exact) mass is 423 g/mol. The molecular formula is C20H17ClF3N3O2. The van der Waals surface area contributed by atoms with E-state index in [1.165, 1.54) is 23.9 Å². The summed E-state index contributed by atoms with van der Waals surface area (Å²) in [6.07, 6.45) is -4.41. The number of carbonyl (C=O) groups excluding carboxylic acids is 1. The molecule has 3 aromatic rings. The molecule has 3 rings (SSSR count). The first-order chi connectivity index (χ1) is 13.7. The van der Waals surface area contributed by atoms with Crippen LogP contribution in [0.3, 0.4) is 0 Å². The minimum atomic E-state index is -4.41. The fraction of sp³-hybridized carbons (Fsp3) is 0.200. The van der Waals surface area contributed by atoms with Crippen LogP contribution in [0, 0.1) is 6.92 Å². The van der Waals surface area contributed by atoms with Crippen molar-refractivity contribution in [2.75, 3.05) is 12.4 Å². The van der Waals surface area contributed by atoms with E-state index in [0.29, 0.717) is 22.0 Å². The zero-order valence-electron chi connectivity index (χ0n) is 15.5. The average molecular weight is 424 g/mol. The lowest BCUT2D eigenvalue weighted by Crippen LogP contribution is -2.14. The van der Waals surface area contributed by atoms with Crippen molar-refractivity contribution in [3.05, 3.63) is 75.9 Å². The summed E-state index contributed by atoms with van der Waals surface area (Å²) < 4.78 is 45.4. The number of ether oxygens (including phenoxy) is 1. The number of rotatable bonds is 5. The van der Waals surface area contributed by atoms with Crippen molar-refractivity contribution in [1.29, 1.82) is 0 Å². The van der Waals surface area contributed by atoms with Gasteiger partial charge in [0.1, 0.15) is 5.75 Å². The Bertz CT molecular complexity index is 1050. The number of aryl methyl sites for hydroxylation is 1. The SMILES string of the molecule is COc1ccc(Cl)cc1C(=O)Nc1cc(C)n(Cc2cccc(C(F)(F)F)c2)n1. The molecule has 0 aliphatic heterocycles. The molecule has 1 heterocycles. The van der Waals surface area contributed by atoms with E-state index < -0.39 is 17.6 Å². The number of hydrogen-bond acceptors (Lipinski definition) is 3. The van der Waals surface area contributed by atoms with E-state index in [1.807, 2.05) is 0 Å². The van der Waals surface area contributed by atoms with Gasteiger partial charge < -0.3 is 10.1 Å². The van der Waals surface area contributed by atoms with E-state index in [4.69, 9.17) is 16.3 Å². The van der Waals surface area contributed by atoms with Crippen LogP contribution in [-0.4, -0.2) is 22.8 Å². The summed E-state index contributed by atoms with van der Waals surface area (Å²) >= 11 is 5.95. The maximum absolute atomic E-state index is 12.9. The molecule has 0 atom stereocenters. The number of carbonyl (C=O) groups is 1. The Morgan fingerprint density at radius 1 is 1.21 bits per heavy atom. The van der Waals surface area contributed by atoms with Gasteiger partial charge in [-0.15, -0.1) is 0 Å². The first-order valence-corrected chi connectivity index (χ1v) is 8.90. The highest BCUT2D eigenvalue weighted by Gasteiger charge is 2.30. The smallest absolute Gasteiger partial charge is 0.416 e. The third-order valence-electron chi connectivity index (χ3n) is 4.22. The summed E-state index contributed by atoms with van der Waals surface area (Å²) in [6.45, 7) is 1.88. The molecular weight excluding hydrogens is 407 g/mol. The van der Waals surface area contributed by atoms with Gasteiger partial charge in [-0.3, -0.25) is 9.48 Å². The Morgan fingerprint density at radius 2 is 1.97 bits per heavy atom. The third kappa shape index (κ3) is 4.89. The van der Waals surface area contributed by atoms with Gasteiger partial charge in [-0.1, -0.05) is 23.7 Å². The molecule has 0 saturated carbocycles. The average Bonchev–Trinajstić information content (AvgIpc) is 3.00. The number of benzene rings is 2. The lowest BCUT2D eigenvalue weighted by Gasteiger charge is -2.10. The Hall–Kier alpha value is -3.00. The number of nitrogens with zero attached hydrogens (tertiary/aromatic N) is 2. The van der Waals surface area contributed by atoms with E-state index in [0.717, 1.165) is 12.1 Å². The normalized spacial score (nSPS) is 11.4. The first kappa shape index (κ1) is 20.7. The van der Waals surface area contributed by atoms with E-state index in [-0.39, 0.29) is 17.9 Å². The van der Waals surface area contributed by atoms with Crippen LogP contribution in [0.15, 0.2) is 48.5 Å². The quantitative estimate of drug-likeness (QED) is 0.615. The minimum Gasteiger partial charge on any atom is -0.496 e. The molecule has 29 heavy (non-hydrogen) atoms. The number of hydrogen-bond donors (Lipinski definition) is 1. The van der Waals surface area contributed by atoms with Crippen LogP contribution in [-0.2, 0) is 12.7 Å². The number of halogens is 4. The first-order valence-electron chi connectivity index (χ1n) is 8.53. The maximum Gasteiger partial charge on any atom is 0.416 e. The van der Waals surface area contributed by atoms with Crippen LogP contribution in [0.5, 0.6) is 5.75 Å². The summed E-state index contributed by atoms with van der Waals surface area (Å²) in [5.41, 5.74) is 0.641. The van der Waals surface area contributed by atoms with Gasteiger partial charge in [0.25, 0.3) is 5.91 Å². The molecule has 152 valence electrons. The lowest BCUT2D eigenvalue weighted by atomic mass is 10.1. The number of anilines is 1. The molecule has 0 saturated heterocycles. The number of aromatic nitrogens is 2. The third-order valence-corrected chi connectivity index (χ3v) is 4.45. The highest BCUT2D eigenvalue weighted by Crippen LogP contribution is 2.30. The summed E-state index contributed by atoms with van der Waals surface area (Å²) in [5.74, 6) is 0.154. The fourth-order valence-corrected chi connectivity index (χ4v) is 2.96. The Balaban J connectivity index is 1.79. The van der Waals surface area contributed by atoms with Crippen molar-refractivity contribution >= 4 is 23.3 Å². The number of amides is 1. The van der Waals surface area contributed by atoms with Crippen molar-refractivity contribution in [1.82, 2.24) is 9.78 Å². The highest BCUT2D eigenvalue weighted by molar-refractivity contribution is 6.31. The van der Waals surface area contributed by atoms with E-state index in [1.54, 1.807) is 31.2 Å². The predicted molar refractivity (Wildman–Crippen MR) is 103 cm³/mol. The van der Waals surface area contributed by atoms with Gasteiger partial charge in [-0.25, -0.2) is 0 Å². The molecule has 0 spiro atoms. The van der Waals surface area contributed by atoms with Gasteiger partial charge in [0.2, 0.25) is 0 Å². The molecule has 5 nitrogen and oxygen atoms in total. The predicted octanol–water partition coefficient (Wildman–Crippen LogP) is 5.17. The minimum absolute atomic E-state index is 0.131. The highest BCUT2D eigenvalue weighted by atomic mass is 35.5. The molecule has 1 N–H and O–H groups in total. The van der Waals surface area contributed by atoms with Crippen LogP contribution in [0.4, 0.5) is 19.0 Å². The fourth-order valence-electron chi connectivity index (χ4n) is 2.79. The van der Waals surface area contributed by atoms with Crippen LogP contribution in [0.25, 0.3) is 0 Å². The van der Waals surface area contributed by atoms with E-state index in [9.17, 15) is 18.0 Å². The molecule has 1 aromatic heterocycles. The van der Waals surface area contributed by atoms with Crippen LogP contribution in [0.2, 0.25) is 5.02 Å². The molecule has 0 aliphatic rings. The zero-order chi connectivity index (χ0) is 21.2. The standard InChI is InChI=1S/C20H17ClF3N3O2/c1-12-8-18(25-19(28)16-10-15(21)6-7-17(16)29-2)26-27(12)11-13-4-3-5-14(9-13)20(22,23)24/h3-10H,11H2,1-2H3,(H,25,26,28). The van der Waals surface area contributed by atoms with Crippen molar-refractivity contribution in [2.24, 2.45) is 0 Å². The maximum atomic E-state index is 12.9. The van der Waals surface area contributed by atoms with Crippen LogP contribution in [0.1, 0.15) is 27.2 Å². The summed E-state index contributed by atoms with van der Waals surface area (Å²) in [7, 11) is 1.44. The Kier molecular flexibility index (Phi) is 5.83. The topological polar surface area (TPSA) is 56.1 Å². The lowest BCUT2D eigenvalue weighted by molar-refractivity contribution is -0.137. The van der Waals surface area contributed by atoms with Gasteiger partial charge in [-0.05, 0) is 42.8 Å². The molecule has 0 radical (unpaired) electrons. The second kappa shape index (κ2) is 8.16. The number of methoxy groups -OCH3 is 1. The Morgan fingerprint density at radius 3 is 2.66 bits per heavy atom. The van der Waals surface area contributed by atoms with Gasteiger partial charge in [0.05, 0.1) is 24.8 Å². The second-order valence-corrected chi connectivity index (χ2v) is 6.76. The molecule has 9 heteroatoms. The van der Waals surface area contributed by atoms with Crippen LogP contribution < -0.4 is 10.1 Å². The van der Waals surface area contributed by atoms with E-state index in [2.05, 4.69) is 10.4 Å². The van der Waals surface area contributed by atoms with Crippen molar-refractivity contribution in [3.8, 4) is 5.75 Å². The van der Waals surface area contributed by atoms with Crippen molar-refractivity contribution < 1.29 is 22.7 Å². The second-order valence-electron chi connectivity index (χ2n) is 6.33. The summed E-state index contributed by atoms with van der Waals surface area (Å²) in [6, 6.07) is 11.3. The van der Waals surface area contributed by atoms with Crippen molar-refractivity contribution in [3.63, 3.8) is 0 Å². The van der Waals surface area contributed by atoms with E-state index >= 15 is 0 Å². The summed E-state index contributed by atoms with van der Waals surface area (Å²) in [5, 5.41) is 7.30. The van der Waals surface area contributed by atoms with Gasteiger partial charge in [-0.2, -0.15) is 18.3 Å². The largest absolute Gasteiger partial charge is 0.496 e. The molecule has 0 unspecified atom stereocenters. The molecule has 0 fully saturated rings. The van der Waals surface area contributed by atoms with Gasteiger partial charge in [0.15, 0.2) is 5.82 Å². The number of alkyl halides is 3. The Labute approximate surface area is 170 Å². The molecule has 0 aliphatic carbocycles. The summed E-state index contributed by atoms with van der Waals surface area (Å²) in [4.78, 5) is 12.6. The molecule has 1 amide bonds. The van der Waals surface area contributed by atoms with Crippen LogP contribution >= 0.6 is 11.6 Å². The van der Waals surface area contributed by atoms with Gasteiger partial charge in [0, 0.05) is 16.8 Å². The molecule has 2 aromatic carbocycles. The zero-order valence-corrected chi connectivity index (χ0v) is 16.3. The van der Waals surface area contributed by atoms with Gasteiger partial charge >= 0.3 is 6.18 Å². The molecule has 0 bridgehead atoms.